The Balaban J connectivity index is 2.75. The zero-order chi connectivity index (χ0) is 16.8. The van der Waals surface area contributed by atoms with Gasteiger partial charge in [-0.25, -0.2) is 0 Å². The molecule has 0 aliphatic heterocycles. The van der Waals surface area contributed by atoms with Crippen LogP contribution in [0.3, 0.4) is 0 Å². The zero-order valence-corrected chi connectivity index (χ0v) is 14.1. The number of carboxylic acid groups (broad SMARTS) is 1. The Morgan fingerprint density at radius 2 is 1.95 bits per heavy atom. The Morgan fingerprint density at radius 1 is 1.27 bits per heavy atom. The van der Waals surface area contributed by atoms with Gasteiger partial charge >= 0.3 is 5.97 Å². The van der Waals surface area contributed by atoms with Gasteiger partial charge in [0.15, 0.2) is 11.5 Å². The van der Waals surface area contributed by atoms with Crippen molar-refractivity contribution in [3.8, 4) is 11.5 Å². The second-order valence-corrected chi connectivity index (χ2v) is 6.52. The van der Waals surface area contributed by atoms with E-state index < -0.39 is 12.0 Å². The summed E-state index contributed by atoms with van der Waals surface area (Å²) in [6.45, 7) is 6.74. The normalized spacial score (nSPS) is 12.8. The molecule has 2 N–H and O–H groups in total. The van der Waals surface area contributed by atoms with Crippen LogP contribution in [0.1, 0.15) is 39.2 Å². The van der Waals surface area contributed by atoms with E-state index in [1.54, 1.807) is 14.2 Å². The number of hydrogen-bond donors (Lipinski definition) is 2. The molecule has 5 nitrogen and oxygen atoms in total. The second kappa shape index (κ2) is 8.03. The molecule has 0 saturated heterocycles. The summed E-state index contributed by atoms with van der Waals surface area (Å²) in [6.07, 6.45) is 1.43. The van der Waals surface area contributed by atoms with E-state index in [-0.39, 0.29) is 5.41 Å². The summed E-state index contributed by atoms with van der Waals surface area (Å²) in [5.41, 5.74) is 0.993. The maximum Gasteiger partial charge on any atom is 0.320 e. The van der Waals surface area contributed by atoms with Crippen molar-refractivity contribution < 1.29 is 19.4 Å². The van der Waals surface area contributed by atoms with Gasteiger partial charge in [-0.15, -0.1) is 0 Å². The van der Waals surface area contributed by atoms with Gasteiger partial charge in [0.05, 0.1) is 14.2 Å². The molecule has 0 bridgehead atoms. The minimum absolute atomic E-state index is 0.114. The molecule has 0 fully saturated rings. The minimum Gasteiger partial charge on any atom is -0.493 e. The number of aliphatic carboxylic acids is 1. The molecule has 1 atom stereocenters. The summed E-state index contributed by atoms with van der Waals surface area (Å²) in [4.78, 5) is 11.4. The van der Waals surface area contributed by atoms with Crippen LogP contribution in [0.15, 0.2) is 18.2 Å². The van der Waals surface area contributed by atoms with Crippen LogP contribution in [-0.4, -0.2) is 31.3 Å². The highest BCUT2D eigenvalue weighted by Crippen LogP contribution is 2.30. The lowest BCUT2D eigenvalue weighted by Gasteiger charge is -2.22. The predicted molar refractivity (Wildman–Crippen MR) is 86.5 cm³/mol. The van der Waals surface area contributed by atoms with Crippen LogP contribution in [-0.2, 0) is 11.3 Å². The second-order valence-electron chi connectivity index (χ2n) is 6.52. The van der Waals surface area contributed by atoms with Crippen molar-refractivity contribution in [2.45, 2.75) is 46.2 Å². The number of carbonyl (C=O) groups is 1. The van der Waals surface area contributed by atoms with Crippen molar-refractivity contribution in [2.75, 3.05) is 14.2 Å². The van der Waals surface area contributed by atoms with E-state index in [1.165, 1.54) is 0 Å². The first-order valence-corrected chi connectivity index (χ1v) is 7.44. The van der Waals surface area contributed by atoms with Crippen LogP contribution in [0.5, 0.6) is 11.5 Å². The Kier molecular flexibility index (Phi) is 6.68. The fraction of sp³-hybridized carbons (Fsp3) is 0.588. The van der Waals surface area contributed by atoms with Crippen LogP contribution < -0.4 is 14.8 Å². The van der Waals surface area contributed by atoms with E-state index in [0.717, 1.165) is 12.0 Å². The van der Waals surface area contributed by atoms with Gasteiger partial charge in [0.2, 0.25) is 0 Å². The molecular formula is C17H27NO4. The smallest absolute Gasteiger partial charge is 0.320 e. The number of ether oxygens (including phenoxy) is 2. The third-order valence-corrected chi connectivity index (χ3v) is 3.50. The van der Waals surface area contributed by atoms with E-state index in [1.807, 2.05) is 18.2 Å². The quantitative estimate of drug-likeness (QED) is 0.772. The van der Waals surface area contributed by atoms with E-state index in [4.69, 9.17) is 9.47 Å². The molecule has 0 aliphatic carbocycles. The number of methoxy groups -OCH3 is 2. The molecule has 0 aromatic heterocycles. The molecule has 1 rings (SSSR count). The van der Waals surface area contributed by atoms with E-state index in [0.29, 0.717) is 24.5 Å². The minimum atomic E-state index is -0.828. The fourth-order valence-electron chi connectivity index (χ4n) is 2.22. The molecule has 5 heteroatoms. The lowest BCUT2D eigenvalue weighted by molar-refractivity contribution is -0.139. The summed E-state index contributed by atoms with van der Waals surface area (Å²) in [6, 6.07) is 5.01. The average molecular weight is 309 g/mol. The summed E-state index contributed by atoms with van der Waals surface area (Å²) >= 11 is 0. The van der Waals surface area contributed by atoms with Gasteiger partial charge in [-0.05, 0) is 24.3 Å². The zero-order valence-electron chi connectivity index (χ0n) is 14.1. The van der Waals surface area contributed by atoms with Crippen molar-refractivity contribution in [2.24, 2.45) is 5.41 Å². The van der Waals surface area contributed by atoms with Crippen LogP contribution in [0.25, 0.3) is 0 Å². The van der Waals surface area contributed by atoms with E-state index in [2.05, 4.69) is 26.1 Å². The highest BCUT2D eigenvalue weighted by Gasteiger charge is 2.21. The number of para-hydroxylation sites is 1. The number of carboxylic acids is 1. The fourth-order valence-corrected chi connectivity index (χ4v) is 2.22. The summed E-state index contributed by atoms with van der Waals surface area (Å²) in [5.74, 6) is 0.451. The molecule has 0 amide bonds. The van der Waals surface area contributed by atoms with Gasteiger partial charge in [0, 0.05) is 12.1 Å². The first-order chi connectivity index (χ1) is 10.3. The Bertz CT molecular complexity index is 494. The molecule has 0 heterocycles. The van der Waals surface area contributed by atoms with Crippen LogP contribution >= 0.6 is 0 Å². The summed E-state index contributed by atoms with van der Waals surface area (Å²) < 4.78 is 10.6. The molecule has 1 aromatic rings. The standard InChI is InChI=1S/C17H27NO4/c1-17(2,3)10-9-13(16(19)20)18-11-12-7-6-8-14(21-4)15(12)22-5/h6-8,13,18H,9-11H2,1-5H3,(H,19,20). The molecule has 0 aliphatic rings. The molecule has 22 heavy (non-hydrogen) atoms. The summed E-state index contributed by atoms with van der Waals surface area (Å²) in [7, 11) is 3.16. The predicted octanol–water partition coefficient (Wildman–Crippen LogP) is 3.07. The maximum atomic E-state index is 11.4. The molecule has 1 unspecified atom stereocenters. The van der Waals surface area contributed by atoms with Gasteiger partial charge in [-0.1, -0.05) is 32.9 Å². The van der Waals surface area contributed by atoms with Gasteiger partial charge in [0.1, 0.15) is 6.04 Å². The van der Waals surface area contributed by atoms with E-state index in [9.17, 15) is 9.90 Å². The highest BCUT2D eigenvalue weighted by molar-refractivity contribution is 5.73. The third kappa shape index (κ3) is 5.56. The van der Waals surface area contributed by atoms with Gasteiger partial charge in [-0.3, -0.25) is 4.79 Å². The SMILES string of the molecule is COc1cccc(CNC(CCC(C)(C)C)C(=O)O)c1OC. The Labute approximate surface area is 132 Å². The monoisotopic (exact) mass is 309 g/mol. The highest BCUT2D eigenvalue weighted by atomic mass is 16.5. The lowest BCUT2D eigenvalue weighted by atomic mass is 9.88. The molecule has 0 saturated carbocycles. The largest absolute Gasteiger partial charge is 0.493 e. The molecular weight excluding hydrogens is 282 g/mol. The van der Waals surface area contributed by atoms with Gasteiger partial charge in [-0.2, -0.15) is 0 Å². The number of rotatable bonds is 8. The molecule has 0 radical (unpaired) electrons. The molecule has 124 valence electrons. The Morgan fingerprint density at radius 3 is 2.45 bits per heavy atom. The topological polar surface area (TPSA) is 67.8 Å². The first-order valence-electron chi connectivity index (χ1n) is 7.44. The van der Waals surface area contributed by atoms with Gasteiger partial charge in [0.25, 0.3) is 0 Å². The number of nitrogens with one attached hydrogen (secondary N) is 1. The Hall–Kier alpha value is -1.75. The van der Waals surface area contributed by atoms with Crippen molar-refractivity contribution in [1.82, 2.24) is 5.32 Å². The molecule has 0 spiro atoms. The first kappa shape index (κ1) is 18.3. The van der Waals surface area contributed by atoms with Crippen LogP contribution in [0, 0.1) is 5.41 Å². The van der Waals surface area contributed by atoms with E-state index >= 15 is 0 Å². The van der Waals surface area contributed by atoms with Crippen molar-refractivity contribution in [3.63, 3.8) is 0 Å². The van der Waals surface area contributed by atoms with Crippen LogP contribution in [0.2, 0.25) is 0 Å². The van der Waals surface area contributed by atoms with Crippen molar-refractivity contribution >= 4 is 5.97 Å². The van der Waals surface area contributed by atoms with Gasteiger partial charge < -0.3 is 19.9 Å². The van der Waals surface area contributed by atoms with Crippen molar-refractivity contribution in [1.29, 1.82) is 0 Å². The number of benzene rings is 1. The third-order valence-electron chi connectivity index (χ3n) is 3.50. The summed E-state index contributed by atoms with van der Waals surface area (Å²) in [5, 5.41) is 12.5. The number of hydrogen-bond acceptors (Lipinski definition) is 4. The van der Waals surface area contributed by atoms with Crippen LogP contribution in [0.4, 0.5) is 0 Å². The van der Waals surface area contributed by atoms with Crippen molar-refractivity contribution in [3.05, 3.63) is 23.8 Å². The average Bonchev–Trinajstić information content (AvgIpc) is 2.45. The maximum absolute atomic E-state index is 11.4. The molecule has 1 aromatic carbocycles. The lowest BCUT2D eigenvalue weighted by Crippen LogP contribution is -2.37.